The van der Waals surface area contributed by atoms with Crippen molar-refractivity contribution >= 4 is 39.0 Å². The first-order chi connectivity index (χ1) is 9.51. The molecule has 1 aromatic rings. The molecule has 2 rings (SSSR count). The first kappa shape index (κ1) is 15.9. The van der Waals surface area contributed by atoms with E-state index in [0.29, 0.717) is 11.8 Å². The molecule has 0 aliphatic carbocycles. The van der Waals surface area contributed by atoms with E-state index >= 15 is 0 Å². The molecule has 8 heteroatoms. The summed E-state index contributed by atoms with van der Waals surface area (Å²) in [4.78, 5) is -0.330. The fourth-order valence-electron chi connectivity index (χ4n) is 1.84. The standard InChI is InChI=1S/C12H15F2NO2S3/c13-12(14)20(16,17)11-4-2-1-3-10(11)15-7-9-8-18-5-6-19-9/h1-4,9,12,15H,5-8H2. The van der Waals surface area contributed by atoms with Crippen molar-refractivity contribution in [1.29, 1.82) is 0 Å². The van der Waals surface area contributed by atoms with Gasteiger partial charge in [0.05, 0.1) is 10.6 Å². The summed E-state index contributed by atoms with van der Waals surface area (Å²) < 4.78 is 48.5. The monoisotopic (exact) mass is 339 g/mol. The van der Waals surface area contributed by atoms with Crippen molar-refractivity contribution in [3.05, 3.63) is 24.3 Å². The molecule has 1 aliphatic heterocycles. The van der Waals surface area contributed by atoms with Crippen LogP contribution in [0.4, 0.5) is 14.5 Å². The summed E-state index contributed by atoms with van der Waals surface area (Å²) in [5, 5.41) is 3.37. The van der Waals surface area contributed by atoms with Crippen molar-refractivity contribution in [2.75, 3.05) is 29.1 Å². The molecule has 0 aromatic heterocycles. The maximum absolute atomic E-state index is 12.7. The highest BCUT2D eigenvalue weighted by molar-refractivity contribution is 8.06. The Kier molecular flexibility index (Phi) is 5.57. The first-order valence-electron chi connectivity index (χ1n) is 6.06. The molecule has 112 valence electrons. The highest BCUT2D eigenvalue weighted by atomic mass is 32.2. The third-order valence-corrected chi connectivity index (χ3v) is 7.12. The lowest BCUT2D eigenvalue weighted by atomic mass is 10.3. The number of para-hydroxylation sites is 1. The molecule has 1 N–H and O–H groups in total. The number of hydrogen-bond donors (Lipinski definition) is 1. The van der Waals surface area contributed by atoms with Gasteiger partial charge < -0.3 is 5.32 Å². The van der Waals surface area contributed by atoms with Crippen LogP contribution in [0, 0.1) is 0 Å². The van der Waals surface area contributed by atoms with Crippen LogP contribution in [-0.2, 0) is 9.84 Å². The minimum Gasteiger partial charge on any atom is -0.383 e. The van der Waals surface area contributed by atoms with E-state index < -0.39 is 15.6 Å². The van der Waals surface area contributed by atoms with E-state index in [1.54, 1.807) is 6.07 Å². The number of sulfone groups is 1. The van der Waals surface area contributed by atoms with Crippen molar-refractivity contribution in [3.63, 3.8) is 0 Å². The van der Waals surface area contributed by atoms with Crippen molar-refractivity contribution in [3.8, 4) is 0 Å². The molecule has 1 unspecified atom stereocenters. The molecule has 0 bridgehead atoms. The largest absolute Gasteiger partial charge is 0.383 e. The summed E-state index contributed by atoms with van der Waals surface area (Å²) in [7, 11) is -4.57. The normalized spacial score (nSPS) is 20.1. The van der Waals surface area contributed by atoms with Gasteiger partial charge in [0.25, 0.3) is 0 Å². The number of thioether (sulfide) groups is 2. The maximum Gasteiger partial charge on any atom is 0.341 e. The van der Waals surface area contributed by atoms with Crippen LogP contribution >= 0.6 is 23.5 Å². The summed E-state index contributed by atoms with van der Waals surface area (Å²) in [6.45, 7) is 0.577. The highest BCUT2D eigenvalue weighted by Crippen LogP contribution is 2.28. The Labute approximate surface area is 125 Å². The number of nitrogens with one attached hydrogen (secondary N) is 1. The molecule has 0 spiro atoms. The Morgan fingerprint density at radius 2 is 2.05 bits per heavy atom. The van der Waals surface area contributed by atoms with Crippen LogP contribution in [0.15, 0.2) is 29.2 Å². The fourth-order valence-corrected chi connectivity index (χ4v) is 5.35. The second-order valence-corrected chi connectivity index (χ2v) is 8.69. The quantitative estimate of drug-likeness (QED) is 0.894. The lowest BCUT2D eigenvalue weighted by Crippen LogP contribution is -2.24. The number of rotatable bonds is 5. The Bertz CT molecular complexity index is 545. The fraction of sp³-hybridized carbons (Fsp3) is 0.500. The predicted octanol–water partition coefficient (Wildman–Crippen LogP) is 2.94. The molecule has 1 atom stereocenters. The molecule has 1 aromatic carbocycles. The van der Waals surface area contributed by atoms with E-state index in [-0.39, 0.29) is 10.6 Å². The van der Waals surface area contributed by atoms with Crippen molar-refractivity contribution in [2.45, 2.75) is 15.9 Å². The van der Waals surface area contributed by atoms with Gasteiger partial charge in [-0.3, -0.25) is 0 Å². The lowest BCUT2D eigenvalue weighted by Gasteiger charge is -2.22. The topological polar surface area (TPSA) is 46.2 Å². The van der Waals surface area contributed by atoms with Crippen molar-refractivity contribution < 1.29 is 17.2 Å². The summed E-state index contributed by atoms with van der Waals surface area (Å²) in [6.07, 6.45) is 0. The van der Waals surface area contributed by atoms with Crippen LogP contribution in [0.5, 0.6) is 0 Å². The molecule has 0 amide bonds. The second-order valence-electron chi connectivity index (χ2n) is 4.25. The van der Waals surface area contributed by atoms with Crippen molar-refractivity contribution in [2.24, 2.45) is 0 Å². The Morgan fingerprint density at radius 1 is 1.30 bits per heavy atom. The average Bonchev–Trinajstić information content (AvgIpc) is 2.46. The van der Waals surface area contributed by atoms with E-state index in [2.05, 4.69) is 5.32 Å². The number of halogens is 2. The van der Waals surface area contributed by atoms with Gasteiger partial charge in [0, 0.05) is 29.1 Å². The summed E-state index contributed by atoms with van der Waals surface area (Å²) in [6, 6.07) is 5.82. The highest BCUT2D eigenvalue weighted by Gasteiger charge is 2.29. The molecule has 0 saturated carbocycles. The Morgan fingerprint density at radius 3 is 2.70 bits per heavy atom. The number of alkyl halides is 2. The van der Waals surface area contributed by atoms with Gasteiger partial charge >= 0.3 is 5.76 Å². The van der Waals surface area contributed by atoms with Gasteiger partial charge in [-0.25, -0.2) is 8.42 Å². The molecule has 1 heterocycles. The van der Waals surface area contributed by atoms with Gasteiger partial charge in [-0.05, 0) is 12.1 Å². The molecule has 0 radical (unpaired) electrons. The van der Waals surface area contributed by atoms with Crippen LogP contribution in [0.2, 0.25) is 0 Å². The van der Waals surface area contributed by atoms with Gasteiger partial charge in [-0.15, -0.1) is 0 Å². The van der Waals surface area contributed by atoms with Gasteiger partial charge in [0.1, 0.15) is 0 Å². The molecule has 20 heavy (non-hydrogen) atoms. The SMILES string of the molecule is O=S(=O)(c1ccccc1NCC1CSCCS1)C(F)F. The Hall–Kier alpha value is -0.470. The van der Waals surface area contributed by atoms with Crippen LogP contribution < -0.4 is 5.32 Å². The molecule has 1 aliphatic rings. The van der Waals surface area contributed by atoms with Crippen molar-refractivity contribution in [1.82, 2.24) is 0 Å². The zero-order chi connectivity index (χ0) is 14.6. The van der Waals surface area contributed by atoms with Gasteiger partial charge in [-0.1, -0.05) is 12.1 Å². The Balaban J connectivity index is 2.12. The van der Waals surface area contributed by atoms with E-state index in [4.69, 9.17) is 0 Å². The molecule has 1 fully saturated rings. The molecular formula is C12H15F2NO2S3. The maximum atomic E-state index is 12.7. The minimum atomic E-state index is -4.57. The zero-order valence-electron chi connectivity index (χ0n) is 10.6. The molecular weight excluding hydrogens is 324 g/mol. The van der Waals surface area contributed by atoms with Crippen LogP contribution in [0.1, 0.15) is 0 Å². The second kappa shape index (κ2) is 7.00. The summed E-state index contributed by atoms with van der Waals surface area (Å²) in [5.41, 5.74) is 0.254. The van der Waals surface area contributed by atoms with Gasteiger partial charge in [0.2, 0.25) is 9.84 Å². The predicted molar refractivity (Wildman–Crippen MR) is 81.7 cm³/mol. The smallest absolute Gasteiger partial charge is 0.341 e. The van der Waals surface area contributed by atoms with E-state index in [1.807, 2.05) is 23.5 Å². The third-order valence-electron chi connectivity index (χ3n) is 2.83. The molecule has 1 saturated heterocycles. The average molecular weight is 339 g/mol. The number of hydrogen-bond acceptors (Lipinski definition) is 5. The number of anilines is 1. The van der Waals surface area contributed by atoms with Crippen LogP contribution in [0.25, 0.3) is 0 Å². The van der Waals surface area contributed by atoms with Crippen LogP contribution in [-0.4, -0.2) is 43.2 Å². The van der Waals surface area contributed by atoms with E-state index in [1.165, 1.54) is 18.2 Å². The molecule has 3 nitrogen and oxygen atoms in total. The zero-order valence-corrected chi connectivity index (χ0v) is 13.0. The third kappa shape index (κ3) is 3.79. The van der Waals surface area contributed by atoms with Gasteiger partial charge in [0.15, 0.2) is 0 Å². The first-order valence-corrected chi connectivity index (χ1v) is 9.81. The lowest BCUT2D eigenvalue weighted by molar-refractivity contribution is 0.235. The van der Waals surface area contributed by atoms with Gasteiger partial charge in [-0.2, -0.15) is 32.3 Å². The van der Waals surface area contributed by atoms with E-state index in [9.17, 15) is 17.2 Å². The summed E-state index contributed by atoms with van der Waals surface area (Å²) >= 11 is 3.67. The van der Waals surface area contributed by atoms with E-state index in [0.717, 1.165) is 17.3 Å². The van der Waals surface area contributed by atoms with Crippen LogP contribution in [0.3, 0.4) is 0 Å². The summed E-state index contributed by atoms with van der Waals surface area (Å²) in [5.74, 6) is -0.225. The number of benzene rings is 1. The minimum absolute atomic E-state index is 0.254.